The van der Waals surface area contributed by atoms with Crippen molar-refractivity contribution in [2.75, 3.05) is 27.4 Å². The second-order valence-corrected chi connectivity index (χ2v) is 22.6. The Balaban J connectivity index is 0.000000371. The van der Waals surface area contributed by atoms with Crippen molar-refractivity contribution < 1.29 is 33.3 Å². The van der Waals surface area contributed by atoms with Crippen LogP contribution in [-0.4, -0.2) is 80.9 Å². The fourth-order valence-corrected chi connectivity index (χ4v) is 4.51. The Bertz CT molecular complexity index is 1030. The Morgan fingerprint density at radius 2 is 1.27 bits per heavy atom. The standard InChI is InChI=1S/C12H20N2O4Si.C11H19BrN2O3Si/c1-17-12(16)10-7-14(11(8-15)13-10)9-18-5-6-19(2,3)4;1-16-10(15)9-7-14(11(12)13-9)8-17-5-6-18(2,3)4/h7-8H,5-6,9H2,1-4H3;7H,5-6,8H2,1-4H3. The van der Waals surface area contributed by atoms with E-state index in [0.717, 1.165) is 18.7 Å². The number of halogens is 1. The van der Waals surface area contributed by atoms with Gasteiger partial charge in [-0.2, -0.15) is 0 Å². The average molecular weight is 620 g/mol. The van der Waals surface area contributed by atoms with Crippen molar-refractivity contribution in [2.45, 2.75) is 64.8 Å². The van der Waals surface area contributed by atoms with Crippen molar-refractivity contribution in [3.63, 3.8) is 0 Å². The zero-order valence-corrected chi connectivity index (χ0v) is 26.6. The summed E-state index contributed by atoms with van der Waals surface area (Å²) in [6, 6.07) is 2.16. The molecular weight excluding hydrogens is 580 g/mol. The third kappa shape index (κ3) is 12.8. The molecule has 37 heavy (non-hydrogen) atoms. The third-order valence-electron chi connectivity index (χ3n) is 4.88. The molecule has 0 bridgehead atoms. The topological polar surface area (TPSA) is 124 Å². The molecule has 0 aliphatic carbocycles. The normalized spacial score (nSPS) is 11.5. The summed E-state index contributed by atoms with van der Waals surface area (Å²) in [6.45, 7) is 15.7. The molecule has 208 valence electrons. The Morgan fingerprint density at radius 1 is 0.838 bits per heavy atom. The molecule has 0 N–H and O–H groups in total. The number of methoxy groups -OCH3 is 2. The Labute approximate surface area is 229 Å². The van der Waals surface area contributed by atoms with Crippen LogP contribution in [0, 0.1) is 0 Å². The van der Waals surface area contributed by atoms with E-state index in [1.807, 2.05) is 0 Å². The SMILES string of the molecule is COC(=O)c1cn(COCC[Si](C)(C)C)c(Br)n1.COC(=O)c1cn(COCC[Si](C)(C)C)c(C=O)n1. The Morgan fingerprint density at radius 3 is 1.70 bits per heavy atom. The number of aromatic nitrogens is 4. The number of rotatable bonds is 13. The molecule has 2 aromatic rings. The first kappa shape index (κ1) is 32.9. The van der Waals surface area contributed by atoms with E-state index in [-0.39, 0.29) is 23.9 Å². The Kier molecular flexibility index (Phi) is 13.6. The maximum absolute atomic E-state index is 11.3. The lowest BCUT2D eigenvalue weighted by molar-refractivity contribution is 0.0584. The average Bonchev–Trinajstić information content (AvgIpc) is 3.41. The molecule has 0 atom stereocenters. The molecule has 2 rings (SSSR count). The summed E-state index contributed by atoms with van der Waals surface area (Å²) in [4.78, 5) is 41.4. The summed E-state index contributed by atoms with van der Waals surface area (Å²) >= 11 is 3.28. The van der Waals surface area contributed by atoms with Crippen LogP contribution in [0.4, 0.5) is 0 Å². The molecule has 0 fully saturated rings. The highest BCUT2D eigenvalue weighted by Crippen LogP contribution is 2.13. The van der Waals surface area contributed by atoms with E-state index in [9.17, 15) is 14.4 Å². The van der Waals surface area contributed by atoms with E-state index in [1.54, 1.807) is 10.8 Å². The van der Waals surface area contributed by atoms with Crippen LogP contribution in [0.3, 0.4) is 0 Å². The lowest BCUT2D eigenvalue weighted by Crippen LogP contribution is -2.22. The molecule has 0 radical (unpaired) electrons. The molecule has 2 heterocycles. The lowest BCUT2D eigenvalue weighted by atomic mass is 10.5. The van der Waals surface area contributed by atoms with Crippen LogP contribution < -0.4 is 0 Å². The molecule has 0 aliphatic heterocycles. The second kappa shape index (κ2) is 15.3. The fourth-order valence-electron chi connectivity index (χ4n) is 2.60. The number of ether oxygens (including phenoxy) is 4. The molecule has 11 nitrogen and oxygen atoms in total. The van der Waals surface area contributed by atoms with Gasteiger partial charge in [-0.3, -0.25) is 4.79 Å². The quantitative estimate of drug-likeness (QED) is 0.138. The fraction of sp³-hybridized carbons (Fsp3) is 0.609. The number of carbonyl (C=O) groups is 3. The Hall–Kier alpha value is -2.14. The first-order chi connectivity index (χ1) is 17.2. The van der Waals surface area contributed by atoms with Crippen molar-refractivity contribution in [2.24, 2.45) is 0 Å². The minimum absolute atomic E-state index is 0.110. The number of esters is 2. The van der Waals surface area contributed by atoms with Crippen molar-refractivity contribution in [1.82, 2.24) is 19.1 Å². The second-order valence-electron chi connectivity index (χ2n) is 10.6. The van der Waals surface area contributed by atoms with Gasteiger partial charge in [-0.15, -0.1) is 0 Å². The van der Waals surface area contributed by atoms with Crippen molar-refractivity contribution in [1.29, 1.82) is 0 Å². The minimum Gasteiger partial charge on any atom is -0.464 e. The molecule has 0 amide bonds. The summed E-state index contributed by atoms with van der Waals surface area (Å²) < 4.78 is 24.0. The van der Waals surface area contributed by atoms with Crippen LogP contribution in [0.15, 0.2) is 17.1 Å². The largest absolute Gasteiger partial charge is 0.464 e. The van der Waals surface area contributed by atoms with Crippen molar-refractivity contribution in [3.8, 4) is 0 Å². The molecule has 0 spiro atoms. The van der Waals surface area contributed by atoms with Gasteiger partial charge in [0, 0.05) is 41.8 Å². The molecular formula is C23H39BrN4O7Si2. The van der Waals surface area contributed by atoms with E-state index in [1.165, 1.54) is 25.0 Å². The highest BCUT2D eigenvalue weighted by molar-refractivity contribution is 9.10. The van der Waals surface area contributed by atoms with Gasteiger partial charge in [0.15, 0.2) is 28.2 Å². The summed E-state index contributed by atoms with van der Waals surface area (Å²) in [5.41, 5.74) is 0.386. The third-order valence-corrected chi connectivity index (χ3v) is 8.92. The predicted octanol–water partition coefficient (Wildman–Crippen LogP) is 4.54. The van der Waals surface area contributed by atoms with Gasteiger partial charge < -0.3 is 28.1 Å². The number of carbonyl (C=O) groups excluding carboxylic acids is 3. The van der Waals surface area contributed by atoms with E-state index in [2.05, 4.69) is 74.7 Å². The van der Waals surface area contributed by atoms with E-state index in [4.69, 9.17) is 9.47 Å². The predicted molar refractivity (Wildman–Crippen MR) is 148 cm³/mol. The van der Waals surface area contributed by atoms with Gasteiger partial charge >= 0.3 is 11.9 Å². The van der Waals surface area contributed by atoms with Crippen LogP contribution in [0.25, 0.3) is 0 Å². The molecule has 0 aliphatic rings. The zero-order chi connectivity index (χ0) is 28.2. The van der Waals surface area contributed by atoms with Crippen LogP contribution in [0.1, 0.15) is 31.6 Å². The monoisotopic (exact) mass is 618 g/mol. The van der Waals surface area contributed by atoms with Crippen molar-refractivity contribution in [3.05, 3.63) is 34.3 Å². The van der Waals surface area contributed by atoms with Crippen LogP contribution in [0.2, 0.25) is 51.4 Å². The smallest absolute Gasteiger partial charge is 0.358 e. The summed E-state index contributed by atoms with van der Waals surface area (Å²) in [5.74, 6) is -0.853. The number of hydrogen-bond donors (Lipinski definition) is 0. The molecule has 2 aromatic heterocycles. The molecule has 0 aromatic carbocycles. The van der Waals surface area contributed by atoms with Crippen LogP contribution in [-0.2, 0) is 32.4 Å². The highest BCUT2D eigenvalue weighted by Gasteiger charge is 2.16. The van der Waals surface area contributed by atoms with Crippen LogP contribution >= 0.6 is 15.9 Å². The molecule has 0 unspecified atom stereocenters. The molecule has 14 heteroatoms. The number of imidazole rings is 2. The van der Waals surface area contributed by atoms with Crippen molar-refractivity contribution >= 4 is 50.3 Å². The van der Waals surface area contributed by atoms with E-state index >= 15 is 0 Å². The van der Waals surface area contributed by atoms with Gasteiger partial charge in [-0.25, -0.2) is 19.6 Å². The first-order valence-electron chi connectivity index (χ1n) is 11.8. The van der Waals surface area contributed by atoms with Gasteiger partial charge in [-0.05, 0) is 28.0 Å². The number of hydrogen-bond acceptors (Lipinski definition) is 9. The van der Waals surface area contributed by atoms with Gasteiger partial charge in [-0.1, -0.05) is 39.3 Å². The summed E-state index contributed by atoms with van der Waals surface area (Å²) in [6.07, 6.45) is 3.67. The minimum atomic E-state index is -1.13. The highest BCUT2D eigenvalue weighted by atomic mass is 79.9. The molecule has 0 saturated heterocycles. The van der Waals surface area contributed by atoms with E-state index in [0.29, 0.717) is 24.4 Å². The van der Waals surface area contributed by atoms with Gasteiger partial charge in [0.25, 0.3) is 0 Å². The maximum Gasteiger partial charge on any atom is 0.358 e. The van der Waals surface area contributed by atoms with Gasteiger partial charge in [0.1, 0.15) is 13.5 Å². The zero-order valence-electron chi connectivity index (χ0n) is 23.0. The van der Waals surface area contributed by atoms with E-state index < -0.39 is 28.1 Å². The van der Waals surface area contributed by atoms with Gasteiger partial charge in [0.2, 0.25) is 0 Å². The first-order valence-corrected chi connectivity index (χ1v) is 20.0. The number of aldehydes is 1. The maximum atomic E-state index is 11.3. The van der Waals surface area contributed by atoms with Gasteiger partial charge in [0.05, 0.1) is 14.2 Å². The summed E-state index contributed by atoms with van der Waals surface area (Å²) in [7, 11) is 0.411. The summed E-state index contributed by atoms with van der Waals surface area (Å²) in [5, 5.41) is 0. The number of nitrogens with zero attached hydrogens (tertiary/aromatic N) is 4. The lowest BCUT2D eigenvalue weighted by Gasteiger charge is -2.15. The van der Waals surface area contributed by atoms with Crippen LogP contribution in [0.5, 0.6) is 0 Å². The molecule has 0 saturated carbocycles.